The van der Waals surface area contributed by atoms with Crippen molar-refractivity contribution in [1.29, 1.82) is 0 Å². The molecule has 27 heavy (non-hydrogen) atoms. The first kappa shape index (κ1) is 20.3. The van der Waals surface area contributed by atoms with Crippen LogP contribution in [0.4, 0.5) is 23.5 Å². The summed E-state index contributed by atoms with van der Waals surface area (Å²) in [6.45, 7) is 1.82. The van der Waals surface area contributed by atoms with Crippen molar-refractivity contribution in [3.05, 3.63) is 53.7 Å². The lowest BCUT2D eigenvalue weighted by atomic mass is 10.0. The van der Waals surface area contributed by atoms with E-state index in [1.807, 2.05) is 6.92 Å². The highest BCUT2D eigenvalue weighted by Gasteiger charge is 2.18. The lowest BCUT2D eigenvalue weighted by Crippen LogP contribution is -2.13. The van der Waals surface area contributed by atoms with Crippen LogP contribution in [0.25, 0.3) is 11.5 Å². The summed E-state index contributed by atoms with van der Waals surface area (Å²) in [7, 11) is 0. The van der Waals surface area contributed by atoms with Gasteiger partial charge in [0.2, 0.25) is 5.95 Å². The number of hydrogen-bond acceptors (Lipinski definition) is 6. The van der Waals surface area contributed by atoms with Crippen LogP contribution in [0, 0.1) is 11.6 Å². The molecule has 3 rings (SSSR count). The third kappa shape index (κ3) is 4.57. The maximum Gasteiger partial charge on any atom is 0.314 e. The first-order valence-corrected chi connectivity index (χ1v) is 7.63. The molecule has 0 saturated heterocycles. The largest absolute Gasteiger partial charge is 0.415 e. The minimum absolute atomic E-state index is 0. The van der Waals surface area contributed by atoms with Crippen molar-refractivity contribution in [1.82, 2.24) is 20.2 Å². The highest BCUT2D eigenvalue weighted by Crippen LogP contribution is 2.25. The van der Waals surface area contributed by atoms with Crippen molar-refractivity contribution in [2.75, 3.05) is 5.32 Å². The molecule has 10 heteroatoms. The van der Waals surface area contributed by atoms with E-state index in [1.165, 1.54) is 24.5 Å². The molecule has 1 N–H and O–H groups in total. The van der Waals surface area contributed by atoms with Gasteiger partial charge in [-0.05, 0) is 12.5 Å². The highest BCUT2D eigenvalue weighted by molar-refractivity contribution is 5.50. The van der Waals surface area contributed by atoms with E-state index in [0.29, 0.717) is 6.42 Å². The minimum atomic E-state index is -2.87. The predicted molar refractivity (Wildman–Crippen MR) is 90.0 cm³/mol. The molecule has 1 atom stereocenters. The quantitative estimate of drug-likeness (QED) is 0.608. The Morgan fingerprint density at radius 2 is 1.81 bits per heavy atom. The van der Waals surface area contributed by atoms with E-state index >= 15 is 0 Å². The second-order valence-corrected chi connectivity index (χ2v) is 5.31. The molecule has 0 radical (unpaired) electrons. The highest BCUT2D eigenvalue weighted by atomic mass is 19.3. The number of halogens is 4. The van der Waals surface area contributed by atoms with Gasteiger partial charge in [0.05, 0.1) is 11.6 Å². The molecule has 144 valence electrons. The molecule has 6 nitrogen and oxygen atoms in total. The van der Waals surface area contributed by atoms with Gasteiger partial charge in [0.25, 0.3) is 11.8 Å². The van der Waals surface area contributed by atoms with Crippen LogP contribution in [0.3, 0.4) is 0 Å². The molecule has 0 bridgehead atoms. The summed E-state index contributed by atoms with van der Waals surface area (Å²) in [5.41, 5.74) is 0.538. The van der Waals surface area contributed by atoms with Crippen LogP contribution in [-0.2, 0) is 0 Å². The molecule has 0 spiro atoms. The topological polar surface area (TPSA) is 76.7 Å². The first-order chi connectivity index (χ1) is 12.5. The van der Waals surface area contributed by atoms with Gasteiger partial charge < -0.3 is 9.73 Å². The summed E-state index contributed by atoms with van der Waals surface area (Å²) in [6, 6.07) is 2.85. The Hall–Kier alpha value is -3.04. The molecule has 0 aliphatic heterocycles. The summed E-state index contributed by atoms with van der Waals surface area (Å²) < 4.78 is 56.7. The van der Waals surface area contributed by atoms with Crippen LogP contribution in [0.2, 0.25) is 0 Å². The maximum absolute atomic E-state index is 13.9. The Morgan fingerprint density at radius 1 is 1.11 bits per heavy atom. The molecule has 0 saturated carbocycles. The van der Waals surface area contributed by atoms with Crippen LogP contribution < -0.4 is 5.32 Å². The van der Waals surface area contributed by atoms with E-state index in [2.05, 4.69) is 25.5 Å². The van der Waals surface area contributed by atoms with Gasteiger partial charge in [0.15, 0.2) is 0 Å². The molecule has 2 aromatic heterocycles. The lowest BCUT2D eigenvalue weighted by Gasteiger charge is -2.18. The number of benzene rings is 1. The monoisotopic (exact) mass is 383 g/mol. The summed E-state index contributed by atoms with van der Waals surface area (Å²) >= 11 is 0. The fourth-order valence-corrected chi connectivity index (χ4v) is 2.29. The average molecular weight is 383 g/mol. The smallest absolute Gasteiger partial charge is 0.314 e. The number of aromatic nitrogens is 4. The molecule has 0 aliphatic rings. The first-order valence-electron chi connectivity index (χ1n) is 7.63. The van der Waals surface area contributed by atoms with Gasteiger partial charge in [-0.15, -0.1) is 10.2 Å². The second kappa shape index (κ2) is 8.56. The van der Waals surface area contributed by atoms with E-state index in [4.69, 9.17) is 4.42 Å². The van der Waals surface area contributed by atoms with E-state index in [0.717, 1.165) is 6.07 Å². The Bertz CT molecular complexity index is 885. The van der Waals surface area contributed by atoms with Crippen LogP contribution in [0.15, 0.2) is 35.0 Å². The molecular weight excluding hydrogens is 366 g/mol. The molecule has 1 unspecified atom stereocenters. The zero-order chi connectivity index (χ0) is 18.7. The Kier molecular flexibility index (Phi) is 6.43. The van der Waals surface area contributed by atoms with Gasteiger partial charge >= 0.3 is 6.43 Å². The predicted octanol–water partition coefficient (Wildman–Crippen LogP) is 4.94. The zero-order valence-corrected chi connectivity index (χ0v) is 13.5. The minimum Gasteiger partial charge on any atom is -0.415 e. The van der Waals surface area contributed by atoms with Gasteiger partial charge in [0.1, 0.15) is 11.6 Å². The van der Waals surface area contributed by atoms with Crippen molar-refractivity contribution < 1.29 is 22.0 Å². The van der Waals surface area contributed by atoms with E-state index < -0.39 is 30.0 Å². The molecule has 0 fully saturated rings. The summed E-state index contributed by atoms with van der Waals surface area (Å²) in [6.07, 6.45) is 0.251. The van der Waals surface area contributed by atoms with Crippen molar-refractivity contribution in [3.63, 3.8) is 0 Å². The molecule has 2 heterocycles. The van der Waals surface area contributed by atoms with Crippen molar-refractivity contribution in [2.45, 2.75) is 33.2 Å². The molecule has 0 amide bonds. The van der Waals surface area contributed by atoms with Crippen molar-refractivity contribution >= 4 is 5.95 Å². The van der Waals surface area contributed by atoms with Crippen LogP contribution in [-0.4, -0.2) is 20.2 Å². The standard InChI is InChI=1S/C16H13F4N5O.CH4/c1-2-12(10-4-3-9(17)5-11(10)18)23-16-21-6-8(7-22-16)14-24-25-15(26-14)13(19)20;/h3-7,12-13H,2H2,1H3,(H,21,22,23);1H4. The number of alkyl halides is 2. The van der Waals surface area contributed by atoms with E-state index in [-0.39, 0.29) is 30.4 Å². The summed E-state index contributed by atoms with van der Waals surface area (Å²) in [4.78, 5) is 8.07. The Labute approximate surface area is 152 Å². The van der Waals surface area contributed by atoms with E-state index in [1.54, 1.807) is 0 Å². The number of hydrogen-bond donors (Lipinski definition) is 1. The number of rotatable bonds is 6. The van der Waals surface area contributed by atoms with E-state index in [9.17, 15) is 17.6 Å². The molecule has 3 aromatic rings. The van der Waals surface area contributed by atoms with Crippen LogP contribution >= 0.6 is 0 Å². The number of nitrogens with one attached hydrogen (secondary N) is 1. The van der Waals surface area contributed by atoms with Crippen molar-refractivity contribution in [3.8, 4) is 11.5 Å². The Balaban J connectivity index is 0.00000261. The number of anilines is 1. The third-order valence-electron chi connectivity index (χ3n) is 3.58. The van der Waals surface area contributed by atoms with Gasteiger partial charge in [0, 0.05) is 24.0 Å². The summed E-state index contributed by atoms with van der Waals surface area (Å²) in [5, 5.41) is 9.66. The van der Waals surface area contributed by atoms with Crippen LogP contribution in [0.1, 0.15) is 44.7 Å². The maximum atomic E-state index is 13.9. The third-order valence-corrected chi connectivity index (χ3v) is 3.58. The average Bonchev–Trinajstić information content (AvgIpc) is 3.11. The van der Waals surface area contributed by atoms with Gasteiger partial charge in [-0.1, -0.05) is 20.4 Å². The zero-order valence-electron chi connectivity index (χ0n) is 13.5. The van der Waals surface area contributed by atoms with Gasteiger partial charge in [-0.2, -0.15) is 8.78 Å². The number of nitrogens with zero attached hydrogens (tertiary/aromatic N) is 4. The fraction of sp³-hybridized carbons (Fsp3) is 0.294. The SMILES string of the molecule is C.CCC(Nc1ncc(-c2nnc(C(F)F)o2)cn1)c1ccc(F)cc1F. The normalized spacial score (nSPS) is 11.9. The molecule has 1 aromatic carbocycles. The Morgan fingerprint density at radius 3 is 2.37 bits per heavy atom. The van der Waals surface area contributed by atoms with Crippen LogP contribution in [0.5, 0.6) is 0 Å². The molecule has 0 aliphatic carbocycles. The lowest BCUT2D eigenvalue weighted by molar-refractivity contribution is 0.116. The van der Waals surface area contributed by atoms with Crippen molar-refractivity contribution in [2.24, 2.45) is 0 Å². The summed E-state index contributed by atoms with van der Waals surface area (Å²) in [5.74, 6) is -2.09. The van der Waals surface area contributed by atoms with Gasteiger partial charge in [-0.25, -0.2) is 18.7 Å². The van der Waals surface area contributed by atoms with Gasteiger partial charge in [-0.3, -0.25) is 0 Å². The second-order valence-electron chi connectivity index (χ2n) is 5.31. The molecular formula is C17H17F4N5O. The fourth-order valence-electron chi connectivity index (χ4n) is 2.29.